The summed E-state index contributed by atoms with van der Waals surface area (Å²) in [5, 5.41) is 0.710. The molecule has 6 nitrogen and oxygen atoms in total. The van der Waals surface area contributed by atoms with Crippen LogP contribution >= 0.6 is 11.8 Å². The molecule has 0 spiro atoms. The van der Waals surface area contributed by atoms with Crippen LogP contribution in [0.4, 0.5) is 5.82 Å². The molecule has 7 heteroatoms. The van der Waals surface area contributed by atoms with Crippen molar-refractivity contribution in [3.8, 4) is 11.6 Å². The second-order valence-corrected chi connectivity index (χ2v) is 6.59. The van der Waals surface area contributed by atoms with Gasteiger partial charge in [-0.3, -0.25) is 0 Å². The first-order chi connectivity index (χ1) is 12.2. The summed E-state index contributed by atoms with van der Waals surface area (Å²) in [6.45, 7) is 4.88. The number of hydrogen-bond donors (Lipinski definition) is 0. The first kappa shape index (κ1) is 17.8. The van der Waals surface area contributed by atoms with E-state index < -0.39 is 0 Å². The van der Waals surface area contributed by atoms with Crippen LogP contribution in [0.3, 0.4) is 0 Å². The lowest BCUT2D eigenvalue weighted by Gasteiger charge is -2.32. The summed E-state index contributed by atoms with van der Waals surface area (Å²) in [4.78, 5) is 11.3. The van der Waals surface area contributed by atoms with Crippen molar-refractivity contribution in [2.75, 3.05) is 38.0 Å². The maximum absolute atomic E-state index is 5.90. The predicted molar refractivity (Wildman–Crippen MR) is 98.8 cm³/mol. The van der Waals surface area contributed by atoms with Crippen LogP contribution in [0.1, 0.15) is 12.5 Å². The average molecular weight is 361 g/mol. The van der Waals surface area contributed by atoms with E-state index in [-0.39, 0.29) is 6.10 Å². The van der Waals surface area contributed by atoms with Gasteiger partial charge in [0.2, 0.25) is 5.88 Å². The topological polar surface area (TPSA) is 56.7 Å². The summed E-state index contributed by atoms with van der Waals surface area (Å²) >= 11 is 1.51. The summed E-state index contributed by atoms with van der Waals surface area (Å²) in [5.74, 6) is 2.31. The first-order valence-electron chi connectivity index (χ1n) is 8.23. The van der Waals surface area contributed by atoms with E-state index in [0.29, 0.717) is 24.3 Å². The fourth-order valence-electron chi connectivity index (χ4n) is 2.63. The minimum atomic E-state index is 0.199. The molecule has 1 atom stereocenters. The Morgan fingerprint density at radius 3 is 2.76 bits per heavy atom. The van der Waals surface area contributed by atoms with Gasteiger partial charge in [-0.05, 0) is 30.9 Å². The summed E-state index contributed by atoms with van der Waals surface area (Å²) < 4.78 is 16.7. The summed E-state index contributed by atoms with van der Waals surface area (Å²) in [7, 11) is 1.66. The largest absolute Gasteiger partial charge is 0.497 e. The number of nitrogens with zero attached hydrogens (tertiary/aromatic N) is 3. The molecule has 1 aliphatic rings. The Kier molecular flexibility index (Phi) is 5.99. The maximum Gasteiger partial charge on any atom is 0.219 e. The normalized spacial score (nSPS) is 17.4. The van der Waals surface area contributed by atoms with Crippen molar-refractivity contribution in [3.05, 3.63) is 35.9 Å². The molecule has 0 N–H and O–H groups in total. The lowest BCUT2D eigenvalue weighted by Crippen LogP contribution is -2.41. The summed E-state index contributed by atoms with van der Waals surface area (Å²) in [6.07, 6.45) is 2.17. The molecule has 0 amide bonds. The van der Waals surface area contributed by atoms with Crippen molar-refractivity contribution >= 4 is 17.6 Å². The molecule has 134 valence electrons. The molecular formula is C18H23N3O3S. The first-order valence-corrected chi connectivity index (χ1v) is 9.46. The standard InChI is InChI=1S/C18H23N3O3S/c1-13-11-21(8-9-23-13)16-10-17(20-18(19-16)25-3)24-12-14-4-6-15(22-2)7-5-14/h4-7,10,13H,8-9,11-12H2,1-3H3/t13-/m1/s1. The molecule has 1 aliphatic heterocycles. The van der Waals surface area contributed by atoms with Crippen LogP contribution in [0.2, 0.25) is 0 Å². The van der Waals surface area contributed by atoms with Gasteiger partial charge >= 0.3 is 0 Å². The van der Waals surface area contributed by atoms with Crippen LogP contribution < -0.4 is 14.4 Å². The Bertz CT molecular complexity index is 696. The lowest BCUT2D eigenvalue weighted by molar-refractivity contribution is 0.0528. The zero-order chi connectivity index (χ0) is 17.6. The molecule has 2 heterocycles. The fraction of sp³-hybridized carbons (Fsp3) is 0.444. The third kappa shape index (κ3) is 4.76. The molecule has 0 saturated carbocycles. The fourth-order valence-corrected chi connectivity index (χ4v) is 2.99. The quantitative estimate of drug-likeness (QED) is 0.579. The molecule has 3 rings (SSSR count). The van der Waals surface area contributed by atoms with Crippen molar-refractivity contribution in [1.29, 1.82) is 0 Å². The van der Waals surface area contributed by atoms with E-state index in [1.807, 2.05) is 36.6 Å². The van der Waals surface area contributed by atoms with Gasteiger partial charge in [-0.25, -0.2) is 4.98 Å². The third-order valence-corrected chi connectivity index (χ3v) is 4.51. The van der Waals surface area contributed by atoms with E-state index in [9.17, 15) is 0 Å². The van der Waals surface area contributed by atoms with Gasteiger partial charge in [-0.15, -0.1) is 0 Å². The van der Waals surface area contributed by atoms with Crippen LogP contribution in [0.5, 0.6) is 11.6 Å². The second kappa shape index (κ2) is 8.40. The lowest BCUT2D eigenvalue weighted by atomic mass is 10.2. The highest BCUT2D eigenvalue weighted by atomic mass is 32.2. The van der Waals surface area contributed by atoms with Gasteiger partial charge in [0.1, 0.15) is 18.2 Å². The zero-order valence-electron chi connectivity index (χ0n) is 14.8. The van der Waals surface area contributed by atoms with E-state index in [1.54, 1.807) is 7.11 Å². The van der Waals surface area contributed by atoms with Crippen LogP contribution in [-0.4, -0.2) is 49.1 Å². The van der Waals surface area contributed by atoms with Crippen LogP contribution in [0, 0.1) is 0 Å². The number of hydrogen-bond acceptors (Lipinski definition) is 7. The molecule has 0 aliphatic carbocycles. The third-order valence-electron chi connectivity index (χ3n) is 3.96. The van der Waals surface area contributed by atoms with Crippen molar-refractivity contribution in [3.63, 3.8) is 0 Å². The van der Waals surface area contributed by atoms with Crippen LogP contribution in [0.25, 0.3) is 0 Å². The minimum Gasteiger partial charge on any atom is -0.497 e. The molecular weight excluding hydrogens is 338 g/mol. The highest BCUT2D eigenvalue weighted by molar-refractivity contribution is 7.98. The summed E-state index contributed by atoms with van der Waals surface area (Å²) in [6, 6.07) is 9.72. The van der Waals surface area contributed by atoms with E-state index in [2.05, 4.69) is 21.8 Å². The van der Waals surface area contributed by atoms with Gasteiger partial charge in [-0.2, -0.15) is 4.98 Å². The number of benzene rings is 1. The van der Waals surface area contributed by atoms with Crippen LogP contribution in [0.15, 0.2) is 35.5 Å². The Morgan fingerprint density at radius 2 is 2.08 bits per heavy atom. The van der Waals surface area contributed by atoms with E-state index in [4.69, 9.17) is 14.2 Å². The second-order valence-electron chi connectivity index (χ2n) is 5.82. The average Bonchev–Trinajstić information content (AvgIpc) is 2.66. The SMILES string of the molecule is COc1ccc(COc2cc(N3CCO[C@H](C)C3)nc(SC)n2)cc1. The maximum atomic E-state index is 5.90. The number of thioether (sulfide) groups is 1. The molecule has 25 heavy (non-hydrogen) atoms. The Hall–Kier alpha value is -1.99. The van der Waals surface area contributed by atoms with E-state index >= 15 is 0 Å². The molecule has 1 aromatic carbocycles. The number of methoxy groups -OCH3 is 1. The number of rotatable bonds is 6. The Morgan fingerprint density at radius 1 is 1.28 bits per heavy atom. The van der Waals surface area contributed by atoms with Gasteiger partial charge < -0.3 is 19.1 Å². The Balaban J connectivity index is 1.72. The molecule has 2 aromatic rings. The van der Waals surface area contributed by atoms with Gasteiger partial charge in [0, 0.05) is 19.2 Å². The van der Waals surface area contributed by atoms with E-state index in [0.717, 1.165) is 30.2 Å². The van der Waals surface area contributed by atoms with Crippen molar-refractivity contribution in [2.24, 2.45) is 0 Å². The molecule has 1 aromatic heterocycles. The highest BCUT2D eigenvalue weighted by Gasteiger charge is 2.19. The summed E-state index contributed by atoms with van der Waals surface area (Å²) in [5.41, 5.74) is 1.06. The van der Waals surface area contributed by atoms with Crippen molar-refractivity contribution < 1.29 is 14.2 Å². The van der Waals surface area contributed by atoms with Crippen molar-refractivity contribution in [2.45, 2.75) is 24.8 Å². The van der Waals surface area contributed by atoms with E-state index in [1.165, 1.54) is 11.8 Å². The van der Waals surface area contributed by atoms with Gasteiger partial charge in [0.25, 0.3) is 0 Å². The van der Waals surface area contributed by atoms with Crippen molar-refractivity contribution in [1.82, 2.24) is 9.97 Å². The smallest absolute Gasteiger partial charge is 0.219 e. The minimum absolute atomic E-state index is 0.199. The zero-order valence-corrected chi connectivity index (χ0v) is 15.6. The van der Waals surface area contributed by atoms with Gasteiger partial charge in [-0.1, -0.05) is 23.9 Å². The monoisotopic (exact) mass is 361 g/mol. The predicted octanol–water partition coefficient (Wildman–Crippen LogP) is 3.01. The number of aromatic nitrogens is 2. The Labute approximate surface area is 152 Å². The molecule has 0 radical (unpaired) electrons. The highest BCUT2D eigenvalue weighted by Crippen LogP contribution is 2.24. The molecule has 0 bridgehead atoms. The number of anilines is 1. The van der Waals surface area contributed by atoms with Crippen LogP contribution in [-0.2, 0) is 11.3 Å². The molecule has 1 saturated heterocycles. The number of ether oxygens (including phenoxy) is 3. The number of morpholine rings is 1. The van der Waals surface area contributed by atoms with Gasteiger partial charge in [0.05, 0.1) is 19.8 Å². The van der Waals surface area contributed by atoms with Gasteiger partial charge in [0.15, 0.2) is 5.16 Å². The molecule has 1 fully saturated rings. The molecule has 0 unspecified atom stereocenters.